The van der Waals surface area contributed by atoms with Gasteiger partial charge in [0.25, 0.3) is 5.91 Å². The fraction of sp³-hybridized carbons (Fsp3) is 0.200. The van der Waals surface area contributed by atoms with Crippen LogP contribution in [0.1, 0.15) is 28.3 Å². The van der Waals surface area contributed by atoms with Gasteiger partial charge >= 0.3 is 5.97 Å². The summed E-state index contributed by atoms with van der Waals surface area (Å²) >= 11 is 6.33. The van der Waals surface area contributed by atoms with E-state index in [1.165, 1.54) is 0 Å². The predicted molar refractivity (Wildman–Crippen MR) is 123 cm³/mol. The molecule has 0 radical (unpaired) electrons. The van der Waals surface area contributed by atoms with Crippen molar-refractivity contribution in [3.63, 3.8) is 0 Å². The molecule has 1 aliphatic heterocycles. The molecule has 170 valence electrons. The van der Waals surface area contributed by atoms with Crippen LogP contribution in [0.25, 0.3) is 0 Å². The second-order valence-electron chi connectivity index (χ2n) is 7.39. The summed E-state index contributed by atoms with van der Waals surface area (Å²) in [5.74, 6) is 0.224. The number of amides is 1. The average Bonchev–Trinajstić information content (AvgIpc) is 2.83. The summed E-state index contributed by atoms with van der Waals surface area (Å²) in [7, 11) is 0. The van der Waals surface area contributed by atoms with Crippen molar-refractivity contribution in [2.24, 2.45) is 0 Å². The number of carbonyl (C=O) groups excluding carboxylic acids is 1. The number of carbonyl (C=O) groups is 2. The smallest absolute Gasteiger partial charge is 0.311 e. The van der Waals surface area contributed by atoms with Crippen LogP contribution in [0.2, 0.25) is 5.02 Å². The van der Waals surface area contributed by atoms with Gasteiger partial charge in [-0.3, -0.25) is 9.59 Å². The third kappa shape index (κ3) is 5.56. The molecule has 0 bridgehead atoms. The first-order valence-electron chi connectivity index (χ1n) is 10.4. The molecule has 1 aliphatic rings. The van der Waals surface area contributed by atoms with Gasteiger partial charge in [-0.05, 0) is 48.9 Å². The molecule has 1 atom stereocenters. The number of carboxylic acids is 1. The number of hydrogen-bond donors (Lipinski definition) is 2. The molecule has 0 spiro atoms. The van der Waals surface area contributed by atoms with E-state index in [1.807, 2.05) is 30.3 Å². The van der Waals surface area contributed by atoms with Gasteiger partial charge in [0.2, 0.25) is 0 Å². The lowest BCUT2D eigenvalue weighted by molar-refractivity contribution is -0.139. The Kier molecular flexibility index (Phi) is 7.00. The molecule has 8 heteroatoms. The minimum Gasteiger partial charge on any atom is -0.493 e. The first-order valence-corrected chi connectivity index (χ1v) is 10.8. The summed E-state index contributed by atoms with van der Waals surface area (Å²) in [4.78, 5) is 23.8. The van der Waals surface area contributed by atoms with Crippen LogP contribution in [0.4, 0.5) is 0 Å². The third-order valence-corrected chi connectivity index (χ3v) is 5.44. The monoisotopic (exact) mass is 467 g/mol. The maximum Gasteiger partial charge on any atom is 0.311 e. The zero-order valence-corrected chi connectivity index (χ0v) is 18.4. The molecule has 0 fully saturated rings. The van der Waals surface area contributed by atoms with E-state index in [1.54, 1.807) is 36.4 Å². The number of hydrogen-bond acceptors (Lipinski definition) is 5. The SMILES string of the molecule is O=C(NCCOc1ccccc1)c1ccc(Oc2cc3c(cc2Cl)C(C(=O)O)CCO3)cc1. The Hall–Kier alpha value is -3.71. The number of aliphatic carboxylic acids is 1. The van der Waals surface area contributed by atoms with Crippen LogP contribution in [0.3, 0.4) is 0 Å². The fourth-order valence-electron chi connectivity index (χ4n) is 3.48. The molecule has 0 aliphatic carbocycles. The largest absolute Gasteiger partial charge is 0.493 e. The van der Waals surface area contributed by atoms with E-state index in [0.717, 1.165) is 5.75 Å². The molecule has 1 unspecified atom stereocenters. The molecular formula is C25H22ClNO6. The van der Waals surface area contributed by atoms with E-state index in [-0.39, 0.29) is 10.9 Å². The van der Waals surface area contributed by atoms with Crippen LogP contribution in [-0.4, -0.2) is 36.7 Å². The van der Waals surface area contributed by atoms with Gasteiger partial charge in [0.05, 0.1) is 24.1 Å². The molecule has 3 aromatic carbocycles. The van der Waals surface area contributed by atoms with Gasteiger partial charge in [-0.15, -0.1) is 0 Å². The topological polar surface area (TPSA) is 94.1 Å². The Morgan fingerprint density at radius 2 is 1.82 bits per heavy atom. The van der Waals surface area contributed by atoms with Crippen LogP contribution < -0.4 is 19.5 Å². The van der Waals surface area contributed by atoms with Crippen LogP contribution in [0, 0.1) is 0 Å². The van der Waals surface area contributed by atoms with E-state index in [2.05, 4.69) is 5.32 Å². The highest BCUT2D eigenvalue weighted by atomic mass is 35.5. The lowest BCUT2D eigenvalue weighted by Crippen LogP contribution is -2.28. The quantitative estimate of drug-likeness (QED) is 0.458. The van der Waals surface area contributed by atoms with Gasteiger partial charge < -0.3 is 24.6 Å². The van der Waals surface area contributed by atoms with Gasteiger partial charge in [0.1, 0.15) is 29.6 Å². The van der Waals surface area contributed by atoms with Gasteiger partial charge in [-0.25, -0.2) is 0 Å². The number of nitrogens with one attached hydrogen (secondary N) is 1. The van der Waals surface area contributed by atoms with Crippen molar-refractivity contribution in [1.82, 2.24) is 5.32 Å². The normalized spacial score (nSPS) is 14.5. The number of fused-ring (bicyclic) bond motifs is 1. The number of carboxylic acid groups (broad SMARTS) is 1. The lowest BCUT2D eigenvalue weighted by atomic mass is 9.93. The van der Waals surface area contributed by atoms with Crippen LogP contribution >= 0.6 is 11.6 Å². The summed E-state index contributed by atoms with van der Waals surface area (Å²) in [6, 6.07) is 19.2. The fourth-order valence-corrected chi connectivity index (χ4v) is 3.69. The van der Waals surface area contributed by atoms with Gasteiger partial charge in [-0.1, -0.05) is 29.8 Å². The van der Waals surface area contributed by atoms with E-state index >= 15 is 0 Å². The molecule has 1 heterocycles. The van der Waals surface area contributed by atoms with Crippen molar-refractivity contribution in [3.05, 3.63) is 82.9 Å². The molecule has 7 nitrogen and oxygen atoms in total. The van der Waals surface area contributed by atoms with Crippen molar-refractivity contribution in [1.29, 1.82) is 0 Å². The van der Waals surface area contributed by atoms with E-state index in [4.69, 9.17) is 25.8 Å². The Morgan fingerprint density at radius 1 is 1.06 bits per heavy atom. The Labute approximate surface area is 195 Å². The molecular weight excluding hydrogens is 446 g/mol. The summed E-state index contributed by atoms with van der Waals surface area (Å²) in [5.41, 5.74) is 1.01. The minimum atomic E-state index is -0.912. The van der Waals surface area contributed by atoms with Gasteiger partial charge in [0, 0.05) is 17.2 Å². The maximum absolute atomic E-state index is 12.3. The minimum absolute atomic E-state index is 0.224. The van der Waals surface area contributed by atoms with E-state index in [0.29, 0.717) is 54.6 Å². The van der Waals surface area contributed by atoms with E-state index in [9.17, 15) is 14.7 Å². The molecule has 1 amide bonds. The molecule has 3 aromatic rings. The average molecular weight is 468 g/mol. The Balaban J connectivity index is 1.35. The molecule has 2 N–H and O–H groups in total. The maximum atomic E-state index is 12.3. The first-order chi connectivity index (χ1) is 16.0. The van der Waals surface area contributed by atoms with Crippen molar-refractivity contribution >= 4 is 23.5 Å². The lowest BCUT2D eigenvalue weighted by Gasteiger charge is -2.24. The molecule has 0 saturated carbocycles. The molecule has 0 saturated heterocycles. The van der Waals surface area contributed by atoms with Crippen molar-refractivity contribution in [2.45, 2.75) is 12.3 Å². The summed E-state index contributed by atoms with van der Waals surface area (Å²) in [5, 5.41) is 12.5. The first kappa shape index (κ1) is 22.5. The van der Waals surface area contributed by atoms with Crippen molar-refractivity contribution in [2.75, 3.05) is 19.8 Å². The predicted octanol–water partition coefficient (Wildman–Crippen LogP) is 4.89. The zero-order chi connectivity index (χ0) is 23.2. The Bertz CT molecular complexity index is 1130. The number of benzene rings is 3. The second kappa shape index (κ2) is 10.3. The third-order valence-electron chi connectivity index (χ3n) is 5.15. The number of ether oxygens (including phenoxy) is 3. The molecule has 33 heavy (non-hydrogen) atoms. The van der Waals surface area contributed by atoms with Crippen LogP contribution in [0.5, 0.6) is 23.0 Å². The second-order valence-corrected chi connectivity index (χ2v) is 7.80. The van der Waals surface area contributed by atoms with Crippen LogP contribution in [-0.2, 0) is 4.79 Å². The molecule has 0 aromatic heterocycles. The number of rotatable bonds is 8. The van der Waals surface area contributed by atoms with Crippen LogP contribution in [0.15, 0.2) is 66.7 Å². The summed E-state index contributed by atoms with van der Waals surface area (Å²) in [6.45, 7) is 1.04. The Morgan fingerprint density at radius 3 is 2.55 bits per heavy atom. The summed E-state index contributed by atoms with van der Waals surface area (Å²) < 4.78 is 17.0. The standard InChI is InChI=1S/C25H22ClNO6/c26-21-14-20-19(25(29)30)10-12-32-22(20)15-23(21)33-18-8-6-16(7-9-18)24(28)27-11-13-31-17-4-2-1-3-5-17/h1-9,14-15,19H,10-13H2,(H,27,28)(H,29,30). The van der Waals surface area contributed by atoms with E-state index < -0.39 is 11.9 Å². The van der Waals surface area contributed by atoms with Gasteiger partial charge in [0.15, 0.2) is 0 Å². The van der Waals surface area contributed by atoms with Crippen molar-refractivity contribution < 1.29 is 28.9 Å². The highest BCUT2D eigenvalue weighted by Crippen LogP contribution is 2.41. The number of para-hydroxylation sites is 1. The highest BCUT2D eigenvalue weighted by molar-refractivity contribution is 6.32. The highest BCUT2D eigenvalue weighted by Gasteiger charge is 2.29. The number of halogens is 1. The summed E-state index contributed by atoms with van der Waals surface area (Å²) in [6.07, 6.45) is 0.390. The van der Waals surface area contributed by atoms with Crippen molar-refractivity contribution in [3.8, 4) is 23.0 Å². The molecule has 4 rings (SSSR count). The van der Waals surface area contributed by atoms with Gasteiger partial charge in [-0.2, -0.15) is 0 Å². The zero-order valence-electron chi connectivity index (χ0n) is 17.6.